The molecule has 0 saturated heterocycles. The van der Waals surface area contributed by atoms with Crippen LogP contribution in [0.3, 0.4) is 0 Å². The van der Waals surface area contributed by atoms with Crippen LogP contribution < -0.4 is 8.92 Å². The monoisotopic (exact) mass is 329 g/mol. The van der Waals surface area contributed by atoms with Crippen LogP contribution in [0.25, 0.3) is 11.1 Å². The topological polar surface area (TPSA) is 75.7 Å². The van der Waals surface area contributed by atoms with Crippen LogP contribution in [0.5, 0.6) is 11.5 Å². The van der Waals surface area contributed by atoms with Gasteiger partial charge in [0.2, 0.25) is 0 Å². The van der Waals surface area contributed by atoms with Crippen molar-refractivity contribution in [3.05, 3.63) is 47.0 Å². The molecule has 23 heavy (non-hydrogen) atoms. The normalized spacial score (nSPS) is 16.7. The second kappa shape index (κ2) is 5.47. The zero-order chi connectivity index (χ0) is 16.0. The summed E-state index contributed by atoms with van der Waals surface area (Å²) >= 11 is -2.60. The Labute approximate surface area is 135 Å². The molecule has 1 aliphatic carbocycles. The highest BCUT2D eigenvalue weighted by Crippen LogP contribution is 2.41. The number of carbonyl (C=O) groups excluding carboxylic acids is 1. The van der Waals surface area contributed by atoms with Crippen LogP contribution in [-0.4, -0.2) is 14.5 Å². The summed E-state index contributed by atoms with van der Waals surface area (Å²) in [7, 11) is 0. The highest BCUT2D eigenvalue weighted by Gasteiger charge is 2.24. The molecule has 0 bridgehead atoms. The minimum absolute atomic E-state index is 0.171. The molecular formula is C17H13O5S-. The van der Waals surface area contributed by atoms with Gasteiger partial charge in [-0.25, -0.2) is 4.21 Å². The van der Waals surface area contributed by atoms with Gasteiger partial charge in [-0.1, -0.05) is 6.07 Å². The largest absolute Gasteiger partial charge is 0.740 e. The van der Waals surface area contributed by atoms with Crippen LogP contribution in [0, 0.1) is 0 Å². The Kier molecular flexibility index (Phi) is 3.43. The number of benzene rings is 2. The SMILES string of the molecule is O=C1CCCc2cc3c(cc21)OCc1cc(OS(=O)[O-])ccc1-3. The zero-order valence-electron chi connectivity index (χ0n) is 12.2. The van der Waals surface area contributed by atoms with E-state index >= 15 is 0 Å². The molecule has 5 nitrogen and oxygen atoms in total. The molecule has 1 atom stereocenters. The minimum atomic E-state index is -2.60. The summed E-state index contributed by atoms with van der Waals surface area (Å²) < 4.78 is 31.7. The lowest BCUT2D eigenvalue weighted by Gasteiger charge is -2.25. The van der Waals surface area contributed by atoms with Gasteiger partial charge in [0, 0.05) is 23.1 Å². The van der Waals surface area contributed by atoms with Crippen molar-refractivity contribution in [2.75, 3.05) is 0 Å². The smallest absolute Gasteiger partial charge is 0.163 e. The first-order valence-corrected chi connectivity index (χ1v) is 8.35. The maximum Gasteiger partial charge on any atom is 0.163 e. The summed E-state index contributed by atoms with van der Waals surface area (Å²) in [6.45, 7) is 0.317. The Hall–Kier alpha value is -2.18. The molecule has 1 aliphatic heterocycles. The van der Waals surface area contributed by atoms with Gasteiger partial charge < -0.3 is 13.5 Å². The quantitative estimate of drug-likeness (QED) is 0.792. The first-order valence-electron chi connectivity index (χ1n) is 7.35. The van der Waals surface area contributed by atoms with E-state index in [2.05, 4.69) is 4.18 Å². The van der Waals surface area contributed by atoms with E-state index < -0.39 is 11.4 Å². The predicted molar refractivity (Wildman–Crippen MR) is 83.0 cm³/mol. The first kappa shape index (κ1) is 14.4. The highest BCUT2D eigenvalue weighted by atomic mass is 32.2. The molecule has 1 heterocycles. The first-order chi connectivity index (χ1) is 11.1. The third-order valence-electron chi connectivity index (χ3n) is 4.27. The van der Waals surface area contributed by atoms with Gasteiger partial charge in [0.25, 0.3) is 0 Å². The van der Waals surface area contributed by atoms with Crippen LogP contribution in [-0.2, 0) is 24.4 Å². The number of fused-ring (bicyclic) bond motifs is 4. The summed E-state index contributed by atoms with van der Waals surface area (Å²) in [5.41, 5.74) is 4.60. The van der Waals surface area contributed by atoms with E-state index in [1.54, 1.807) is 12.1 Å². The predicted octanol–water partition coefficient (Wildman–Crippen LogP) is 2.94. The minimum Gasteiger partial charge on any atom is -0.740 e. The summed E-state index contributed by atoms with van der Waals surface area (Å²) in [5.74, 6) is 1.13. The second-order valence-corrected chi connectivity index (χ2v) is 6.25. The molecule has 0 fully saturated rings. The van der Waals surface area contributed by atoms with Gasteiger partial charge in [-0.15, -0.1) is 0 Å². The average Bonchev–Trinajstić information content (AvgIpc) is 2.53. The average molecular weight is 329 g/mol. The highest BCUT2D eigenvalue weighted by molar-refractivity contribution is 7.74. The van der Waals surface area contributed by atoms with Gasteiger partial charge in [-0.3, -0.25) is 4.79 Å². The molecule has 118 valence electrons. The van der Waals surface area contributed by atoms with Crippen LogP contribution in [0.4, 0.5) is 0 Å². The molecule has 0 aromatic heterocycles. The fourth-order valence-corrected chi connectivity index (χ4v) is 3.49. The van der Waals surface area contributed by atoms with Crippen molar-refractivity contribution in [1.29, 1.82) is 0 Å². The zero-order valence-corrected chi connectivity index (χ0v) is 13.0. The van der Waals surface area contributed by atoms with Crippen molar-refractivity contribution in [1.82, 2.24) is 0 Å². The number of carbonyl (C=O) groups is 1. The van der Waals surface area contributed by atoms with Crippen molar-refractivity contribution in [2.45, 2.75) is 25.9 Å². The van der Waals surface area contributed by atoms with Crippen molar-refractivity contribution in [3.63, 3.8) is 0 Å². The molecule has 2 aromatic carbocycles. The van der Waals surface area contributed by atoms with Crippen molar-refractivity contribution in [3.8, 4) is 22.6 Å². The fraction of sp³-hybridized carbons (Fsp3) is 0.235. The van der Waals surface area contributed by atoms with Gasteiger partial charge >= 0.3 is 0 Å². The number of rotatable bonds is 2. The Bertz CT molecular complexity index is 843. The van der Waals surface area contributed by atoms with E-state index in [1.165, 1.54) is 0 Å². The van der Waals surface area contributed by atoms with Crippen LogP contribution >= 0.6 is 0 Å². The molecule has 0 saturated carbocycles. The van der Waals surface area contributed by atoms with Gasteiger partial charge in [-0.05, 0) is 48.2 Å². The van der Waals surface area contributed by atoms with E-state index in [1.807, 2.05) is 18.2 Å². The van der Waals surface area contributed by atoms with Crippen LogP contribution in [0.15, 0.2) is 30.3 Å². The molecule has 0 radical (unpaired) electrons. The van der Waals surface area contributed by atoms with Gasteiger partial charge in [-0.2, -0.15) is 0 Å². The molecule has 0 spiro atoms. The fourth-order valence-electron chi connectivity index (χ4n) is 3.23. The maximum atomic E-state index is 12.0. The van der Waals surface area contributed by atoms with Crippen molar-refractivity contribution < 1.29 is 22.5 Å². The Morgan fingerprint density at radius 1 is 1.04 bits per heavy atom. The summed E-state index contributed by atoms with van der Waals surface area (Å²) in [6, 6.07) is 8.97. The second-order valence-electron chi connectivity index (χ2n) is 5.68. The molecule has 1 unspecified atom stereocenters. The molecule has 2 aromatic rings. The standard InChI is InChI=1S/C17H14O5S/c18-16-3-1-2-10-7-15-13-5-4-12(22-23(19)20)6-11(13)9-21-17(15)8-14(10)16/h4-8H,1-3,9H2,(H,19,20)/p-1. The molecular weight excluding hydrogens is 316 g/mol. The number of hydrogen-bond donors (Lipinski definition) is 0. The third-order valence-corrected chi connectivity index (χ3v) is 4.60. The maximum absolute atomic E-state index is 12.0. The van der Waals surface area contributed by atoms with Crippen molar-refractivity contribution >= 4 is 17.1 Å². The van der Waals surface area contributed by atoms with Gasteiger partial charge in [0.1, 0.15) is 29.5 Å². The van der Waals surface area contributed by atoms with Gasteiger partial charge in [0.15, 0.2) is 5.78 Å². The van der Waals surface area contributed by atoms with E-state index in [4.69, 9.17) is 4.74 Å². The van der Waals surface area contributed by atoms with Crippen molar-refractivity contribution in [2.24, 2.45) is 0 Å². The number of ether oxygens (including phenoxy) is 1. The third kappa shape index (κ3) is 2.54. The Morgan fingerprint density at radius 2 is 1.91 bits per heavy atom. The molecule has 2 aliphatic rings. The molecule has 6 heteroatoms. The lowest BCUT2D eigenvalue weighted by molar-refractivity contribution is 0.0972. The number of ketones is 1. The van der Waals surface area contributed by atoms with E-state index in [-0.39, 0.29) is 11.5 Å². The van der Waals surface area contributed by atoms with Crippen LogP contribution in [0.2, 0.25) is 0 Å². The number of aryl methyl sites for hydroxylation is 1. The molecule has 0 amide bonds. The molecule has 4 rings (SSSR count). The number of hydrogen-bond acceptors (Lipinski definition) is 5. The summed E-state index contributed by atoms with van der Waals surface area (Å²) in [5, 5.41) is 0. The number of Topliss-reactive ketones (excluding diaryl/α,β-unsaturated/α-hetero) is 1. The lowest BCUT2D eigenvalue weighted by Crippen LogP contribution is -2.13. The summed E-state index contributed by atoms with van der Waals surface area (Å²) in [6.07, 6.45) is 2.36. The van der Waals surface area contributed by atoms with Crippen LogP contribution in [0.1, 0.15) is 34.3 Å². The Balaban J connectivity index is 1.80. The van der Waals surface area contributed by atoms with Gasteiger partial charge in [0.05, 0.1) is 0 Å². The molecule has 0 N–H and O–H groups in total. The van der Waals surface area contributed by atoms with E-state index in [0.29, 0.717) is 18.8 Å². The Morgan fingerprint density at radius 3 is 2.74 bits per heavy atom. The van der Waals surface area contributed by atoms with E-state index in [0.717, 1.165) is 40.7 Å². The summed E-state index contributed by atoms with van der Waals surface area (Å²) in [4.78, 5) is 12.0. The van der Waals surface area contributed by atoms with E-state index in [9.17, 15) is 13.6 Å². The lowest BCUT2D eigenvalue weighted by atomic mass is 9.86.